The summed E-state index contributed by atoms with van der Waals surface area (Å²) in [6, 6.07) is 8.83. The van der Waals surface area contributed by atoms with Crippen LogP contribution < -0.4 is 0 Å². The van der Waals surface area contributed by atoms with Gasteiger partial charge in [-0.1, -0.05) is 38.1 Å². The summed E-state index contributed by atoms with van der Waals surface area (Å²) in [5.41, 5.74) is 3.87. The number of nitrogens with zero attached hydrogens (tertiary/aromatic N) is 5. The number of carbonyl (C=O) groups is 2. The number of rotatable bonds is 5. The van der Waals surface area contributed by atoms with Crippen LogP contribution in [0.5, 0.6) is 0 Å². The summed E-state index contributed by atoms with van der Waals surface area (Å²) in [5.74, 6) is 0.580. The highest BCUT2D eigenvalue weighted by atomic mass is 16.4. The van der Waals surface area contributed by atoms with Crippen LogP contribution >= 0.6 is 0 Å². The van der Waals surface area contributed by atoms with E-state index in [9.17, 15) is 14.7 Å². The molecule has 8 heteroatoms. The molecule has 5 rings (SSSR count). The molecule has 3 heterocycles. The van der Waals surface area contributed by atoms with Crippen LogP contribution in [-0.4, -0.2) is 73.8 Å². The minimum absolute atomic E-state index is 0.0213. The lowest BCUT2D eigenvalue weighted by molar-refractivity contribution is -0.153. The van der Waals surface area contributed by atoms with Crippen molar-refractivity contribution in [2.75, 3.05) is 26.2 Å². The molecule has 2 amide bonds. The zero-order valence-corrected chi connectivity index (χ0v) is 21.1. The van der Waals surface area contributed by atoms with Gasteiger partial charge < -0.3 is 14.9 Å². The molecule has 2 aromatic rings. The summed E-state index contributed by atoms with van der Waals surface area (Å²) in [6.07, 6.45) is 6.85. The molecule has 1 saturated carbocycles. The largest absolute Gasteiger partial charge is 0.465 e. The number of piperazine rings is 1. The standard InChI is InChI=1S/C27H37N5O3/c1-19(2)22-6-4-5-7-23(22)24-17-30(16-20-14-28-29(3)15-20)18-25(33)32(24)21-12-27(13-21)8-10-31(11-9-27)26(34)35/h4-7,14-15,19,21,24H,8-13,16-18H2,1-3H3,(H,34,35). The van der Waals surface area contributed by atoms with E-state index in [1.54, 1.807) is 0 Å². The summed E-state index contributed by atoms with van der Waals surface area (Å²) in [4.78, 5) is 31.0. The maximum absolute atomic E-state index is 13.7. The highest BCUT2D eigenvalue weighted by Crippen LogP contribution is 2.53. The van der Waals surface area contributed by atoms with Crippen LogP contribution in [-0.2, 0) is 18.4 Å². The molecule has 1 atom stereocenters. The van der Waals surface area contributed by atoms with E-state index in [1.807, 2.05) is 24.1 Å². The average Bonchev–Trinajstić information content (AvgIpc) is 3.21. The van der Waals surface area contributed by atoms with Gasteiger partial charge in [-0.15, -0.1) is 0 Å². The van der Waals surface area contributed by atoms with Crippen LogP contribution in [0.15, 0.2) is 36.7 Å². The van der Waals surface area contributed by atoms with Gasteiger partial charge in [-0.3, -0.25) is 14.4 Å². The van der Waals surface area contributed by atoms with E-state index in [-0.39, 0.29) is 23.4 Å². The first-order chi connectivity index (χ1) is 16.7. The number of aromatic nitrogens is 2. The van der Waals surface area contributed by atoms with Gasteiger partial charge in [-0.05, 0) is 48.1 Å². The lowest BCUT2D eigenvalue weighted by Crippen LogP contribution is -2.62. The minimum Gasteiger partial charge on any atom is -0.465 e. The summed E-state index contributed by atoms with van der Waals surface area (Å²) >= 11 is 0. The summed E-state index contributed by atoms with van der Waals surface area (Å²) in [5, 5.41) is 13.6. The van der Waals surface area contributed by atoms with Gasteiger partial charge in [0.1, 0.15) is 0 Å². The summed E-state index contributed by atoms with van der Waals surface area (Å²) in [6.45, 7) is 7.59. The molecule has 2 aliphatic heterocycles. The van der Waals surface area contributed by atoms with Crippen LogP contribution in [0.25, 0.3) is 0 Å². The second-order valence-electron chi connectivity index (χ2n) is 11.1. The molecule has 3 aliphatic rings. The van der Waals surface area contributed by atoms with E-state index in [2.05, 4.69) is 53.0 Å². The number of hydrogen-bond donors (Lipinski definition) is 1. The van der Waals surface area contributed by atoms with Gasteiger partial charge in [-0.25, -0.2) is 4.79 Å². The van der Waals surface area contributed by atoms with Crippen LogP contribution in [0.1, 0.15) is 68.2 Å². The molecular formula is C27H37N5O3. The van der Waals surface area contributed by atoms with Crippen LogP contribution in [0, 0.1) is 5.41 Å². The predicted octanol–water partition coefficient (Wildman–Crippen LogP) is 3.85. The molecule has 35 heavy (non-hydrogen) atoms. The Labute approximate surface area is 207 Å². The van der Waals surface area contributed by atoms with Gasteiger partial charge in [0, 0.05) is 51.0 Å². The fraction of sp³-hybridized carbons (Fsp3) is 0.593. The molecule has 1 N–H and O–H groups in total. The van der Waals surface area contributed by atoms with Gasteiger partial charge in [0.2, 0.25) is 5.91 Å². The van der Waals surface area contributed by atoms with Crippen molar-refractivity contribution >= 4 is 12.0 Å². The maximum Gasteiger partial charge on any atom is 0.407 e. The van der Waals surface area contributed by atoms with Crippen molar-refractivity contribution in [3.8, 4) is 0 Å². The molecule has 1 aromatic carbocycles. The Morgan fingerprint density at radius 2 is 1.91 bits per heavy atom. The van der Waals surface area contributed by atoms with Gasteiger partial charge in [0.15, 0.2) is 0 Å². The fourth-order valence-electron chi connectivity index (χ4n) is 6.54. The second-order valence-corrected chi connectivity index (χ2v) is 11.1. The summed E-state index contributed by atoms with van der Waals surface area (Å²) < 4.78 is 1.81. The molecule has 1 aliphatic carbocycles. The number of likely N-dealkylation sites (tertiary alicyclic amines) is 1. The Bertz CT molecular complexity index is 1080. The lowest BCUT2D eigenvalue weighted by Gasteiger charge is -2.58. The lowest BCUT2D eigenvalue weighted by atomic mass is 9.59. The quantitative estimate of drug-likeness (QED) is 0.704. The van der Waals surface area contributed by atoms with E-state index in [0.29, 0.717) is 32.1 Å². The van der Waals surface area contributed by atoms with Crippen LogP contribution in [0.4, 0.5) is 4.79 Å². The Hall–Kier alpha value is -2.87. The maximum atomic E-state index is 13.7. The van der Waals surface area contributed by atoms with E-state index >= 15 is 0 Å². The summed E-state index contributed by atoms with van der Waals surface area (Å²) in [7, 11) is 1.92. The van der Waals surface area contributed by atoms with Gasteiger partial charge in [0.25, 0.3) is 0 Å². The molecule has 0 radical (unpaired) electrons. The number of aryl methyl sites for hydroxylation is 1. The Morgan fingerprint density at radius 1 is 1.20 bits per heavy atom. The average molecular weight is 480 g/mol. The molecule has 8 nitrogen and oxygen atoms in total. The Balaban J connectivity index is 1.37. The van der Waals surface area contributed by atoms with Crippen molar-refractivity contribution < 1.29 is 14.7 Å². The molecule has 2 saturated heterocycles. The molecule has 1 unspecified atom stereocenters. The predicted molar refractivity (Wildman–Crippen MR) is 133 cm³/mol. The monoisotopic (exact) mass is 479 g/mol. The van der Waals surface area contributed by atoms with Crippen molar-refractivity contribution in [1.82, 2.24) is 24.5 Å². The molecule has 0 bridgehead atoms. The zero-order valence-electron chi connectivity index (χ0n) is 21.1. The third kappa shape index (κ3) is 4.68. The highest BCUT2D eigenvalue weighted by molar-refractivity contribution is 5.80. The number of carbonyl (C=O) groups excluding carboxylic acids is 1. The first kappa shape index (κ1) is 23.9. The number of amides is 2. The van der Waals surface area contributed by atoms with E-state index in [1.165, 1.54) is 16.0 Å². The van der Waals surface area contributed by atoms with E-state index in [0.717, 1.165) is 37.8 Å². The first-order valence-electron chi connectivity index (χ1n) is 12.8. The van der Waals surface area contributed by atoms with Crippen molar-refractivity contribution in [2.24, 2.45) is 12.5 Å². The van der Waals surface area contributed by atoms with Crippen molar-refractivity contribution in [3.05, 3.63) is 53.3 Å². The first-order valence-corrected chi connectivity index (χ1v) is 12.8. The topological polar surface area (TPSA) is 81.9 Å². The molecule has 188 valence electrons. The SMILES string of the molecule is CC(C)c1ccccc1C1CN(Cc2cnn(C)c2)CC(=O)N1C1CC2(CCN(C(=O)O)CC2)C1. The smallest absolute Gasteiger partial charge is 0.407 e. The third-order valence-electron chi connectivity index (χ3n) is 8.38. The number of benzene rings is 1. The van der Waals surface area contributed by atoms with E-state index in [4.69, 9.17) is 0 Å². The molecular weight excluding hydrogens is 442 g/mol. The molecule has 3 fully saturated rings. The highest BCUT2D eigenvalue weighted by Gasteiger charge is 2.52. The van der Waals surface area contributed by atoms with Crippen molar-refractivity contribution in [2.45, 2.75) is 64.1 Å². The molecule has 1 spiro atoms. The van der Waals surface area contributed by atoms with Gasteiger partial charge >= 0.3 is 6.09 Å². The normalized spacial score (nSPS) is 23.2. The Morgan fingerprint density at radius 3 is 2.54 bits per heavy atom. The van der Waals surface area contributed by atoms with E-state index < -0.39 is 6.09 Å². The van der Waals surface area contributed by atoms with Gasteiger partial charge in [-0.2, -0.15) is 5.10 Å². The van der Waals surface area contributed by atoms with Crippen molar-refractivity contribution in [3.63, 3.8) is 0 Å². The van der Waals surface area contributed by atoms with Crippen LogP contribution in [0.2, 0.25) is 0 Å². The van der Waals surface area contributed by atoms with Crippen LogP contribution in [0.3, 0.4) is 0 Å². The van der Waals surface area contributed by atoms with Gasteiger partial charge in [0.05, 0.1) is 18.8 Å². The van der Waals surface area contributed by atoms with Crippen molar-refractivity contribution in [1.29, 1.82) is 0 Å². The minimum atomic E-state index is -0.819. The third-order valence-corrected chi connectivity index (χ3v) is 8.38. The second kappa shape index (κ2) is 9.30. The number of hydrogen-bond acceptors (Lipinski definition) is 4. The number of piperidine rings is 1. The fourth-order valence-corrected chi connectivity index (χ4v) is 6.54. The zero-order chi connectivity index (χ0) is 24.7. The molecule has 1 aromatic heterocycles. The Kier molecular flexibility index (Phi) is 6.34. The number of carboxylic acid groups (broad SMARTS) is 1.